The molecule has 3 aliphatic rings. The van der Waals surface area contributed by atoms with Crippen molar-refractivity contribution in [2.45, 2.75) is 123 Å². The fourth-order valence-corrected chi connectivity index (χ4v) is 10.7. The lowest BCUT2D eigenvalue weighted by Crippen LogP contribution is -2.58. The van der Waals surface area contributed by atoms with Crippen LogP contribution in [0.3, 0.4) is 0 Å². The van der Waals surface area contributed by atoms with Crippen LogP contribution in [0.4, 0.5) is 0 Å². The number of amides is 3. The highest BCUT2D eigenvalue weighted by molar-refractivity contribution is 7.15. The minimum atomic E-state index is -0.966. The second kappa shape index (κ2) is 19.8. The summed E-state index contributed by atoms with van der Waals surface area (Å²) in [6, 6.07) is 21.1. The molecular weight excluding hydrogens is 900 g/mol. The van der Waals surface area contributed by atoms with Gasteiger partial charge in [-0.15, -0.1) is 21.5 Å². The normalized spacial score (nSPS) is 20.7. The molecular formula is C52H57ClN8O6S. The molecule has 3 N–H and O–H groups in total. The van der Waals surface area contributed by atoms with Crippen LogP contribution in [0.25, 0.3) is 5.00 Å². The molecule has 2 aromatic heterocycles. The highest BCUT2D eigenvalue weighted by Gasteiger charge is 2.45. The predicted molar refractivity (Wildman–Crippen MR) is 260 cm³/mol. The molecule has 68 heavy (non-hydrogen) atoms. The third-order valence-corrected chi connectivity index (χ3v) is 14.7. The molecule has 2 aliphatic heterocycles. The summed E-state index contributed by atoms with van der Waals surface area (Å²) >= 11 is 7.95. The summed E-state index contributed by atoms with van der Waals surface area (Å²) in [7, 11) is 0. The number of aliphatic hydroxyl groups excluding tert-OH is 1. The molecule has 3 amide bonds. The first-order valence-electron chi connectivity index (χ1n) is 23.1. The molecule has 1 saturated heterocycles. The monoisotopic (exact) mass is 956 g/mol. The van der Waals surface area contributed by atoms with Gasteiger partial charge in [0.1, 0.15) is 40.5 Å². The largest absolute Gasteiger partial charge is 0.490 e. The number of nitrogens with zero attached hydrogens (tertiary/aromatic N) is 6. The Labute approximate surface area is 405 Å². The van der Waals surface area contributed by atoms with Gasteiger partial charge >= 0.3 is 0 Å². The van der Waals surface area contributed by atoms with E-state index in [1.54, 1.807) is 35.6 Å². The Morgan fingerprint density at radius 2 is 1.63 bits per heavy atom. The molecule has 1 unspecified atom stereocenters. The zero-order chi connectivity index (χ0) is 48.6. The van der Waals surface area contributed by atoms with Crippen molar-refractivity contribution in [3.8, 4) is 16.8 Å². The summed E-state index contributed by atoms with van der Waals surface area (Å²) in [6.07, 6.45) is 1.22. The number of carbonyl (C=O) groups excluding carboxylic acids is 4. The Kier molecular flexibility index (Phi) is 14.0. The van der Waals surface area contributed by atoms with E-state index in [0.29, 0.717) is 28.6 Å². The van der Waals surface area contributed by atoms with Gasteiger partial charge in [-0.3, -0.25) is 28.7 Å². The molecule has 8 rings (SSSR count). The van der Waals surface area contributed by atoms with Crippen molar-refractivity contribution in [1.82, 2.24) is 30.3 Å². The highest BCUT2D eigenvalue weighted by Crippen LogP contribution is 2.41. The minimum absolute atomic E-state index is 0.0119. The first kappa shape index (κ1) is 48.3. The van der Waals surface area contributed by atoms with Gasteiger partial charge in [-0.1, -0.05) is 68.8 Å². The molecule has 0 bridgehead atoms. The third kappa shape index (κ3) is 10.4. The quantitative estimate of drug-likeness (QED) is 0.0997. The van der Waals surface area contributed by atoms with Gasteiger partial charge in [0.05, 0.1) is 42.0 Å². The van der Waals surface area contributed by atoms with E-state index in [0.717, 1.165) is 57.2 Å². The number of ether oxygens (including phenoxy) is 1. The van der Waals surface area contributed by atoms with Gasteiger partial charge in [-0.05, 0) is 105 Å². The van der Waals surface area contributed by atoms with E-state index in [1.165, 1.54) is 9.78 Å². The number of thiophene rings is 1. The van der Waals surface area contributed by atoms with Crippen molar-refractivity contribution in [3.63, 3.8) is 0 Å². The minimum Gasteiger partial charge on any atom is -0.490 e. The van der Waals surface area contributed by atoms with E-state index in [4.69, 9.17) is 26.6 Å². The Morgan fingerprint density at radius 3 is 2.29 bits per heavy atom. The molecule has 4 heterocycles. The number of aryl methyl sites for hydroxylation is 2. The fraction of sp³-hybridized carbons (Fsp3) is 0.423. The summed E-state index contributed by atoms with van der Waals surface area (Å²) in [4.78, 5) is 62.7. The molecule has 0 radical (unpaired) electrons. The van der Waals surface area contributed by atoms with Crippen molar-refractivity contribution in [3.05, 3.63) is 128 Å². The van der Waals surface area contributed by atoms with Gasteiger partial charge in [-0.25, -0.2) is 0 Å². The lowest BCUT2D eigenvalue weighted by molar-refractivity contribution is -0.144. The van der Waals surface area contributed by atoms with Crippen LogP contribution in [0.15, 0.2) is 77.8 Å². The Bertz CT molecular complexity index is 2780. The highest BCUT2D eigenvalue weighted by atomic mass is 35.5. The molecule has 3 aromatic carbocycles. The Balaban J connectivity index is 0.839. The number of aliphatic imine (C=N–C) groups is 1. The maximum atomic E-state index is 14.1. The SMILES string of the molecule is Cc1sc2c(c1C)C(c1ccc(Cl)cc1)=NC(CC(=O)CC1CC(Oc3ccc(CC(=O)N[C@H](C(=O)N4C[C@H](O)C[C@H]4C(=O)N[C@@H](C)c4ccc(C#N)cc4)C(C)(C)C)cc3)C1)c1nnc(C)n1-2. The van der Waals surface area contributed by atoms with Crippen molar-refractivity contribution in [2.24, 2.45) is 16.3 Å². The van der Waals surface area contributed by atoms with Crippen LogP contribution in [-0.2, 0) is 25.6 Å². The second-order valence-corrected chi connectivity index (χ2v) is 21.1. The van der Waals surface area contributed by atoms with Gasteiger partial charge in [-0.2, -0.15) is 5.26 Å². The standard InChI is InChI=1S/C52H57ClN8O6S/c1-28-30(3)68-51-45(28)46(36-14-16-37(53)17-15-36)56-42(48-59-58-31(4)61(48)51)24-38(62)20-34-21-41(22-34)67-40-18-10-32(11-19-40)23-44(64)57-47(52(5,6)7)50(66)60-27-39(63)25-43(60)49(65)55-29(2)35-12-8-33(26-54)9-13-35/h8-19,29,34,39,41-43,47,63H,20-25,27H2,1-7H3,(H,55,65)(H,57,64)/t29-,34?,39+,41?,42?,43-,47+/m0/s1. The summed E-state index contributed by atoms with van der Waals surface area (Å²) in [5.74, 6) is 1.13. The van der Waals surface area contributed by atoms with Crippen LogP contribution in [-0.4, -0.2) is 84.8 Å². The average molecular weight is 958 g/mol. The molecule has 5 atom stereocenters. The van der Waals surface area contributed by atoms with Gasteiger partial charge in [0, 0.05) is 46.8 Å². The van der Waals surface area contributed by atoms with E-state index in [2.05, 4.69) is 45.3 Å². The zero-order valence-corrected chi connectivity index (χ0v) is 40.9. The number of carbonyl (C=O) groups is 4. The second-order valence-electron chi connectivity index (χ2n) is 19.5. The summed E-state index contributed by atoms with van der Waals surface area (Å²) in [5.41, 5.74) is 5.21. The van der Waals surface area contributed by atoms with Crippen molar-refractivity contribution < 1.29 is 29.0 Å². The summed E-state index contributed by atoms with van der Waals surface area (Å²) < 4.78 is 8.33. The van der Waals surface area contributed by atoms with E-state index in [9.17, 15) is 24.3 Å². The number of nitriles is 1. The van der Waals surface area contributed by atoms with E-state index in [1.807, 2.05) is 83.1 Å². The first-order valence-corrected chi connectivity index (χ1v) is 24.3. The average Bonchev–Trinajstić information content (AvgIpc) is 3.94. The van der Waals surface area contributed by atoms with Crippen molar-refractivity contribution in [2.75, 3.05) is 6.54 Å². The Hall–Kier alpha value is -6.21. The van der Waals surface area contributed by atoms with E-state index >= 15 is 0 Å². The summed E-state index contributed by atoms with van der Waals surface area (Å²) in [6.45, 7) is 13.4. The molecule has 354 valence electrons. The van der Waals surface area contributed by atoms with Crippen LogP contribution in [0.1, 0.15) is 122 Å². The van der Waals surface area contributed by atoms with E-state index < -0.39 is 47.5 Å². The first-order chi connectivity index (χ1) is 32.4. The number of hydrogen-bond donors (Lipinski definition) is 3. The molecule has 1 saturated carbocycles. The topological polar surface area (TPSA) is 192 Å². The number of nitrogens with one attached hydrogen (secondary N) is 2. The number of ketones is 1. The lowest BCUT2D eigenvalue weighted by atomic mass is 9.78. The van der Waals surface area contributed by atoms with Crippen LogP contribution < -0.4 is 15.4 Å². The maximum Gasteiger partial charge on any atom is 0.246 e. The fourth-order valence-electron chi connectivity index (χ4n) is 9.33. The predicted octanol–water partition coefficient (Wildman–Crippen LogP) is 7.79. The van der Waals surface area contributed by atoms with Gasteiger partial charge in [0.25, 0.3) is 0 Å². The summed E-state index contributed by atoms with van der Waals surface area (Å²) in [5, 5.41) is 36.2. The number of β-amino-alcohol motifs (C(OH)–C–C–N with tert-alkyl or cyclic N) is 1. The van der Waals surface area contributed by atoms with Gasteiger partial charge in [0.2, 0.25) is 17.7 Å². The number of Topliss-reactive ketones (excluding diaryl/α,β-unsaturated/α-hetero) is 1. The number of rotatable bonds is 14. The Morgan fingerprint density at radius 1 is 0.941 bits per heavy atom. The van der Waals surface area contributed by atoms with Crippen LogP contribution in [0.2, 0.25) is 5.02 Å². The van der Waals surface area contributed by atoms with Gasteiger partial charge in [0.15, 0.2) is 5.82 Å². The van der Waals surface area contributed by atoms with Crippen molar-refractivity contribution >= 4 is 52.2 Å². The number of benzene rings is 3. The number of aliphatic hydroxyl groups is 1. The van der Waals surface area contributed by atoms with Gasteiger partial charge < -0.3 is 25.4 Å². The lowest BCUT2D eigenvalue weighted by Gasteiger charge is -2.35. The molecule has 14 nitrogen and oxygen atoms in total. The number of fused-ring (bicyclic) bond motifs is 3. The number of likely N-dealkylation sites (tertiary alicyclic amines) is 1. The van der Waals surface area contributed by atoms with Crippen LogP contribution >= 0.6 is 22.9 Å². The molecule has 2 fully saturated rings. The van der Waals surface area contributed by atoms with Crippen LogP contribution in [0.5, 0.6) is 5.75 Å². The van der Waals surface area contributed by atoms with E-state index in [-0.39, 0.29) is 49.5 Å². The number of hydrogen-bond acceptors (Lipinski definition) is 11. The van der Waals surface area contributed by atoms with Crippen molar-refractivity contribution in [1.29, 1.82) is 5.26 Å². The molecule has 5 aromatic rings. The maximum absolute atomic E-state index is 14.1. The smallest absolute Gasteiger partial charge is 0.246 e. The molecule has 16 heteroatoms. The molecule has 1 aliphatic carbocycles. The molecule has 0 spiro atoms. The zero-order valence-electron chi connectivity index (χ0n) is 39.4. The van der Waals surface area contributed by atoms with Crippen LogP contribution in [0, 0.1) is 43.4 Å². The third-order valence-electron chi connectivity index (χ3n) is 13.3. The number of aromatic nitrogens is 3. The number of halogens is 1.